The molecule has 8 heteroatoms. The van der Waals surface area contributed by atoms with Crippen molar-refractivity contribution in [3.8, 4) is 17.2 Å². The van der Waals surface area contributed by atoms with Crippen LogP contribution in [0.3, 0.4) is 0 Å². The average molecular weight is 452 g/mol. The first-order valence-corrected chi connectivity index (χ1v) is 11.1. The topological polar surface area (TPSA) is 113 Å². The number of amides is 1. The number of unbranched alkanes of at least 4 members (excludes halogenated alkanes) is 3. The number of carbonyl (C=O) groups excluding carboxylic acids is 1. The lowest BCUT2D eigenvalue weighted by Gasteiger charge is -2.14. The van der Waals surface area contributed by atoms with E-state index in [-0.39, 0.29) is 17.1 Å². The molecule has 2 aromatic carbocycles. The normalized spacial score (nSPS) is 11.2. The first kappa shape index (κ1) is 23.8. The second kappa shape index (κ2) is 11.2. The minimum atomic E-state index is -0.800. The van der Waals surface area contributed by atoms with Crippen molar-refractivity contribution in [2.45, 2.75) is 46.1 Å². The highest BCUT2D eigenvalue weighted by atomic mass is 16.5. The minimum absolute atomic E-state index is 0.00129. The lowest BCUT2D eigenvalue weighted by Crippen LogP contribution is -2.31. The van der Waals surface area contributed by atoms with Gasteiger partial charge in [-0.15, -0.1) is 0 Å². The van der Waals surface area contributed by atoms with Crippen molar-refractivity contribution >= 4 is 23.0 Å². The maximum atomic E-state index is 13.1. The van der Waals surface area contributed by atoms with Gasteiger partial charge >= 0.3 is 0 Å². The van der Waals surface area contributed by atoms with Crippen LogP contribution in [0.25, 0.3) is 10.9 Å². The van der Waals surface area contributed by atoms with Crippen LogP contribution in [0.5, 0.6) is 17.2 Å². The fourth-order valence-corrected chi connectivity index (χ4v) is 3.62. The molecule has 1 aromatic heterocycles. The van der Waals surface area contributed by atoms with Gasteiger partial charge in [-0.25, -0.2) is 5.43 Å². The molecular weight excluding hydrogens is 422 g/mol. The van der Waals surface area contributed by atoms with Crippen LogP contribution in [0.1, 0.15) is 55.5 Å². The molecule has 0 spiro atoms. The Hall–Kier alpha value is -3.81. The van der Waals surface area contributed by atoms with Crippen LogP contribution in [-0.4, -0.2) is 33.5 Å². The van der Waals surface area contributed by atoms with Crippen LogP contribution in [0.15, 0.2) is 52.4 Å². The Morgan fingerprint density at radius 3 is 2.67 bits per heavy atom. The number of aromatic hydroxyl groups is 2. The largest absolute Gasteiger partial charge is 0.506 e. The molecule has 0 saturated carbocycles. The number of hydrogen-bond acceptors (Lipinski definition) is 6. The molecule has 33 heavy (non-hydrogen) atoms. The second-order valence-electron chi connectivity index (χ2n) is 7.62. The molecule has 3 rings (SSSR count). The lowest BCUT2D eigenvalue weighted by atomic mass is 10.1. The van der Waals surface area contributed by atoms with E-state index in [1.54, 1.807) is 43.3 Å². The van der Waals surface area contributed by atoms with Gasteiger partial charge in [0.25, 0.3) is 11.5 Å². The van der Waals surface area contributed by atoms with E-state index in [1.165, 1.54) is 16.8 Å². The summed E-state index contributed by atoms with van der Waals surface area (Å²) in [6, 6.07) is 11.6. The highest BCUT2D eigenvalue weighted by molar-refractivity contribution is 6.02. The summed E-state index contributed by atoms with van der Waals surface area (Å²) in [7, 11) is 0. The van der Waals surface area contributed by atoms with E-state index in [0.717, 1.165) is 25.7 Å². The van der Waals surface area contributed by atoms with Crippen LogP contribution < -0.4 is 15.7 Å². The van der Waals surface area contributed by atoms with Gasteiger partial charge in [-0.2, -0.15) is 5.10 Å². The Morgan fingerprint density at radius 1 is 1.12 bits per heavy atom. The van der Waals surface area contributed by atoms with Crippen LogP contribution in [0.4, 0.5) is 0 Å². The third kappa shape index (κ3) is 5.52. The third-order valence-electron chi connectivity index (χ3n) is 5.27. The van der Waals surface area contributed by atoms with E-state index < -0.39 is 11.5 Å². The summed E-state index contributed by atoms with van der Waals surface area (Å²) < 4.78 is 6.87. The predicted molar refractivity (Wildman–Crippen MR) is 128 cm³/mol. The number of aryl methyl sites for hydroxylation is 1. The molecule has 0 atom stereocenters. The van der Waals surface area contributed by atoms with E-state index in [2.05, 4.69) is 17.5 Å². The van der Waals surface area contributed by atoms with E-state index in [9.17, 15) is 19.8 Å². The maximum Gasteiger partial charge on any atom is 0.280 e. The number of carbonyl (C=O) groups is 1. The van der Waals surface area contributed by atoms with Crippen molar-refractivity contribution in [2.75, 3.05) is 6.61 Å². The minimum Gasteiger partial charge on any atom is -0.506 e. The van der Waals surface area contributed by atoms with E-state index in [4.69, 9.17) is 4.74 Å². The summed E-state index contributed by atoms with van der Waals surface area (Å²) in [6.45, 7) is 4.75. The number of phenols is 1. The Balaban J connectivity index is 1.88. The summed E-state index contributed by atoms with van der Waals surface area (Å²) in [4.78, 5) is 26.0. The second-order valence-corrected chi connectivity index (χ2v) is 7.62. The van der Waals surface area contributed by atoms with Gasteiger partial charge in [0, 0.05) is 11.9 Å². The van der Waals surface area contributed by atoms with Gasteiger partial charge in [0.1, 0.15) is 11.3 Å². The van der Waals surface area contributed by atoms with Crippen LogP contribution in [0.2, 0.25) is 0 Å². The van der Waals surface area contributed by atoms with E-state index in [1.807, 2.05) is 0 Å². The van der Waals surface area contributed by atoms with Crippen molar-refractivity contribution in [1.29, 1.82) is 0 Å². The van der Waals surface area contributed by atoms with E-state index in [0.29, 0.717) is 35.4 Å². The van der Waals surface area contributed by atoms with E-state index >= 15 is 0 Å². The van der Waals surface area contributed by atoms with Gasteiger partial charge in [-0.05, 0) is 49.2 Å². The molecule has 0 aliphatic heterocycles. The molecule has 0 bridgehead atoms. The molecular formula is C25H29N3O5. The number of hydrogen-bond donors (Lipinski definition) is 3. The molecule has 0 fully saturated rings. The Bertz CT molecular complexity index is 1220. The first-order valence-electron chi connectivity index (χ1n) is 11.1. The summed E-state index contributed by atoms with van der Waals surface area (Å²) in [5.41, 5.74) is 2.58. The average Bonchev–Trinajstić information content (AvgIpc) is 2.81. The number of aromatic nitrogens is 1. The number of pyridine rings is 1. The number of nitrogens with one attached hydrogen (secondary N) is 1. The predicted octanol–water partition coefficient (Wildman–Crippen LogP) is 4.16. The monoisotopic (exact) mass is 451 g/mol. The molecule has 3 aromatic rings. The Labute approximate surface area is 192 Å². The van der Waals surface area contributed by atoms with Crippen molar-refractivity contribution in [1.82, 2.24) is 9.99 Å². The lowest BCUT2D eigenvalue weighted by molar-refractivity contribution is 0.0950. The molecule has 1 heterocycles. The van der Waals surface area contributed by atoms with Crippen LogP contribution in [0, 0.1) is 0 Å². The molecule has 3 N–H and O–H groups in total. The molecule has 0 unspecified atom stereocenters. The molecule has 8 nitrogen and oxygen atoms in total. The molecule has 0 aliphatic rings. The van der Waals surface area contributed by atoms with Crippen molar-refractivity contribution < 1.29 is 19.7 Å². The summed E-state index contributed by atoms with van der Waals surface area (Å²) in [6.07, 6.45) is 5.27. The number of hydrazone groups is 1. The quantitative estimate of drug-likeness (QED) is 0.243. The fraction of sp³-hybridized carbons (Fsp3) is 0.320. The summed E-state index contributed by atoms with van der Waals surface area (Å²) in [5.74, 6) is -0.869. The third-order valence-corrected chi connectivity index (χ3v) is 5.27. The zero-order chi connectivity index (χ0) is 23.8. The molecule has 0 aliphatic carbocycles. The van der Waals surface area contributed by atoms with Crippen LogP contribution >= 0.6 is 0 Å². The van der Waals surface area contributed by atoms with Gasteiger partial charge in [0.15, 0.2) is 11.5 Å². The van der Waals surface area contributed by atoms with Gasteiger partial charge in [-0.3, -0.25) is 9.59 Å². The molecule has 174 valence electrons. The maximum absolute atomic E-state index is 13.1. The number of fused-ring (bicyclic) bond motifs is 1. The highest BCUT2D eigenvalue weighted by Crippen LogP contribution is 2.27. The molecule has 0 saturated heterocycles. The Morgan fingerprint density at radius 2 is 1.91 bits per heavy atom. The zero-order valence-electron chi connectivity index (χ0n) is 18.9. The van der Waals surface area contributed by atoms with Crippen molar-refractivity contribution in [3.05, 3.63) is 63.9 Å². The molecule has 0 radical (unpaired) electrons. The van der Waals surface area contributed by atoms with Gasteiger partial charge in [0.05, 0.1) is 18.3 Å². The molecule has 1 amide bonds. The standard InChI is InChI=1S/C25H29N3O5/c1-3-5-6-9-14-28-19-11-8-7-10-18(19)23(30)22(25(28)32)24(31)27-26-16-17-12-13-20(29)21(15-17)33-4-2/h7-8,10-13,15-16,29-30H,3-6,9,14H2,1-2H3,(H,27,31)/b26-16+. The van der Waals surface area contributed by atoms with Crippen molar-refractivity contribution in [3.63, 3.8) is 0 Å². The number of ether oxygens (including phenoxy) is 1. The number of benzene rings is 2. The van der Waals surface area contributed by atoms with Crippen LogP contribution in [-0.2, 0) is 6.54 Å². The number of rotatable bonds is 10. The Kier molecular flexibility index (Phi) is 8.07. The van der Waals surface area contributed by atoms with Gasteiger partial charge in [0.2, 0.25) is 0 Å². The van der Waals surface area contributed by atoms with Crippen molar-refractivity contribution in [2.24, 2.45) is 5.10 Å². The zero-order valence-corrected chi connectivity index (χ0v) is 18.9. The SMILES string of the molecule is CCCCCCn1c(=O)c(C(=O)N/N=C/c2ccc(O)c(OCC)c2)c(O)c2ccccc21. The number of phenolic OH excluding ortho intramolecular Hbond substituents is 1. The first-order chi connectivity index (χ1) is 16.0. The fourth-order valence-electron chi connectivity index (χ4n) is 3.62. The summed E-state index contributed by atoms with van der Waals surface area (Å²) in [5, 5.41) is 24.8. The number of nitrogens with zero attached hydrogens (tertiary/aromatic N) is 2. The highest BCUT2D eigenvalue weighted by Gasteiger charge is 2.21. The van der Waals surface area contributed by atoms with Gasteiger partial charge < -0.3 is 19.5 Å². The number of para-hydroxylation sites is 1. The van der Waals surface area contributed by atoms with Gasteiger partial charge in [-0.1, -0.05) is 38.3 Å². The summed E-state index contributed by atoms with van der Waals surface area (Å²) >= 11 is 0. The smallest absolute Gasteiger partial charge is 0.280 e.